The predicted molar refractivity (Wildman–Crippen MR) is 126 cm³/mol. The summed E-state index contributed by atoms with van der Waals surface area (Å²) in [6.07, 6.45) is 0. The lowest BCUT2D eigenvalue weighted by atomic mass is 10.2. The second kappa shape index (κ2) is 12.7. The van der Waals surface area contributed by atoms with E-state index in [1.807, 2.05) is 6.07 Å². The SMILES string of the molecule is I.O=[N+]([O-])c1ccc(CN=C(NCCN2CCOCC2)NCc2cccs2)cc1. The van der Waals surface area contributed by atoms with E-state index < -0.39 is 4.92 Å². The van der Waals surface area contributed by atoms with Crippen LogP contribution in [0.5, 0.6) is 0 Å². The van der Waals surface area contributed by atoms with Gasteiger partial charge in [0.05, 0.1) is 31.2 Å². The number of non-ortho nitro benzene ring substituents is 1. The lowest BCUT2D eigenvalue weighted by Crippen LogP contribution is -2.44. The minimum Gasteiger partial charge on any atom is -0.379 e. The van der Waals surface area contributed by atoms with E-state index in [-0.39, 0.29) is 29.7 Å². The second-order valence-electron chi connectivity index (χ2n) is 6.40. The van der Waals surface area contributed by atoms with Crippen LogP contribution in [0.15, 0.2) is 46.8 Å². The summed E-state index contributed by atoms with van der Waals surface area (Å²) in [4.78, 5) is 18.6. The molecule has 29 heavy (non-hydrogen) atoms. The molecule has 0 amide bonds. The highest BCUT2D eigenvalue weighted by molar-refractivity contribution is 14.0. The third-order valence-electron chi connectivity index (χ3n) is 4.40. The van der Waals surface area contributed by atoms with Crippen molar-refractivity contribution >= 4 is 47.0 Å². The van der Waals surface area contributed by atoms with Crippen molar-refractivity contribution in [2.24, 2.45) is 4.99 Å². The Morgan fingerprint density at radius 3 is 2.62 bits per heavy atom. The first-order valence-electron chi connectivity index (χ1n) is 9.29. The molecule has 8 nitrogen and oxygen atoms in total. The smallest absolute Gasteiger partial charge is 0.269 e. The van der Waals surface area contributed by atoms with Gasteiger partial charge < -0.3 is 15.4 Å². The van der Waals surface area contributed by atoms with E-state index in [2.05, 4.69) is 32.0 Å². The Morgan fingerprint density at radius 1 is 1.21 bits per heavy atom. The van der Waals surface area contributed by atoms with Crippen LogP contribution < -0.4 is 10.6 Å². The van der Waals surface area contributed by atoms with E-state index >= 15 is 0 Å². The molecular formula is C19H26IN5O3S. The molecule has 0 saturated carbocycles. The highest BCUT2D eigenvalue weighted by Gasteiger charge is 2.10. The number of nitrogens with one attached hydrogen (secondary N) is 2. The molecule has 1 saturated heterocycles. The summed E-state index contributed by atoms with van der Waals surface area (Å²) < 4.78 is 5.38. The quantitative estimate of drug-likeness (QED) is 0.179. The number of nitro benzene ring substituents is 1. The molecular weight excluding hydrogens is 505 g/mol. The monoisotopic (exact) mass is 531 g/mol. The van der Waals surface area contributed by atoms with Gasteiger partial charge in [0.2, 0.25) is 0 Å². The molecule has 2 N–H and O–H groups in total. The number of aliphatic imine (C=N–C) groups is 1. The van der Waals surface area contributed by atoms with Gasteiger partial charge in [-0.3, -0.25) is 15.0 Å². The number of hydrogen-bond donors (Lipinski definition) is 2. The highest BCUT2D eigenvalue weighted by Crippen LogP contribution is 2.12. The maximum atomic E-state index is 10.8. The number of nitrogens with zero attached hydrogens (tertiary/aromatic N) is 3. The maximum Gasteiger partial charge on any atom is 0.269 e. The van der Waals surface area contributed by atoms with Gasteiger partial charge in [-0.05, 0) is 17.0 Å². The summed E-state index contributed by atoms with van der Waals surface area (Å²) in [5.74, 6) is 0.736. The van der Waals surface area contributed by atoms with Crippen LogP contribution in [0.1, 0.15) is 10.4 Å². The molecule has 3 rings (SSSR count). The molecule has 0 radical (unpaired) electrons. The number of thiophene rings is 1. The zero-order valence-electron chi connectivity index (χ0n) is 16.1. The summed E-state index contributed by atoms with van der Waals surface area (Å²) in [6.45, 7) is 6.38. The molecule has 0 spiro atoms. The van der Waals surface area contributed by atoms with Crippen molar-refractivity contribution in [1.29, 1.82) is 0 Å². The maximum absolute atomic E-state index is 10.8. The molecule has 2 heterocycles. The topological polar surface area (TPSA) is 92.0 Å². The van der Waals surface area contributed by atoms with Crippen molar-refractivity contribution in [1.82, 2.24) is 15.5 Å². The van der Waals surface area contributed by atoms with Crippen molar-refractivity contribution < 1.29 is 9.66 Å². The molecule has 10 heteroatoms. The van der Waals surface area contributed by atoms with Gasteiger partial charge in [-0.25, -0.2) is 4.99 Å². The first-order valence-corrected chi connectivity index (χ1v) is 10.2. The second-order valence-corrected chi connectivity index (χ2v) is 7.43. The number of benzene rings is 1. The van der Waals surface area contributed by atoms with Crippen molar-refractivity contribution in [3.8, 4) is 0 Å². The zero-order valence-corrected chi connectivity index (χ0v) is 19.2. The molecule has 1 aromatic heterocycles. The molecule has 1 aromatic carbocycles. The van der Waals surface area contributed by atoms with Gasteiger partial charge in [0.25, 0.3) is 5.69 Å². The number of halogens is 1. The normalized spacial score (nSPS) is 14.8. The first kappa shape index (κ1) is 23.5. The van der Waals surface area contributed by atoms with E-state index in [9.17, 15) is 10.1 Å². The van der Waals surface area contributed by atoms with Crippen LogP contribution in [0.2, 0.25) is 0 Å². The standard InChI is InChI=1S/C19H25N5O3S.HI/c25-24(26)17-5-3-16(4-6-17)14-21-19(22-15-18-2-1-13-28-18)20-7-8-23-9-11-27-12-10-23;/h1-6,13H,7-12,14-15H2,(H2,20,21,22);1H. The van der Waals surface area contributed by atoms with Crippen LogP contribution >= 0.6 is 35.3 Å². The van der Waals surface area contributed by atoms with E-state index in [0.717, 1.165) is 50.9 Å². The van der Waals surface area contributed by atoms with Gasteiger partial charge in [-0.2, -0.15) is 0 Å². The number of hydrogen-bond acceptors (Lipinski definition) is 6. The molecule has 0 bridgehead atoms. The molecule has 2 aromatic rings. The summed E-state index contributed by atoms with van der Waals surface area (Å²) >= 11 is 1.70. The zero-order chi connectivity index (χ0) is 19.6. The summed E-state index contributed by atoms with van der Waals surface area (Å²) in [5, 5.41) is 19.6. The fourth-order valence-electron chi connectivity index (χ4n) is 2.81. The highest BCUT2D eigenvalue weighted by atomic mass is 127. The van der Waals surface area contributed by atoms with Gasteiger partial charge in [-0.15, -0.1) is 35.3 Å². The van der Waals surface area contributed by atoms with Gasteiger partial charge in [-0.1, -0.05) is 18.2 Å². The number of ether oxygens (including phenoxy) is 1. The Kier molecular flexibility index (Phi) is 10.3. The number of morpholine rings is 1. The van der Waals surface area contributed by atoms with Crippen LogP contribution in [-0.4, -0.2) is 55.2 Å². The van der Waals surface area contributed by atoms with E-state index in [1.165, 1.54) is 17.0 Å². The van der Waals surface area contributed by atoms with Crippen molar-refractivity contribution in [2.45, 2.75) is 13.1 Å². The molecule has 0 unspecified atom stereocenters. The molecule has 1 aliphatic rings. The predicted octanol–water partition coefficient (Wildman–Crippen LogP) is 2.84. The van der Waals surface area contributed by atoms with Crippen LogP contribution in [0.3, 0.4) is 0 Å². The summed E-state index contributed by atoms with van der Waals surface area (Å²) in [5.41, 5.74) is 1.02. The van der Waals surface area contributed by atoms with Gasteiger partial charge in [0.15, 0.2) is 5.96 Å². The fraction of sp³-hybridized carbons (Fsp3) is 0.421. The minimum atomic E-state index is -0.395. The summed E-state index contributed by atoms with van der Waals surface area (Å²) in [7, 11) is 0. The van der Waals surface area contributed by atoms with Gasteiger partial charge in [0, 0.05) is 43.2 Å². The average Bonchev–Trinajstić information content (AvgIpc) is 3.24. The van der Waals surface area contributed by atoms with E-state index in [0.29, 0.717) is 13.1 Å². The minimum absolute atomic E-state index is 0. The van der Waals surface area contributed by atoms with Crippen molar-refractivity contribution in [2.75, 3.05) is 39.4 Å². The summed E-state index contributed by atoms with van der Waals surface area (Å²) in [6, 6.07) is 10.6. The fourth-order valence-corrected chi connectivity index (χ4v) is 3.45. The number of nitro groups is 1. The Morgan fingerprint density at radius 2 is 1.97 bits per heavy atom. The number of guanidine groups is 1. The van der Waals surface area contributed by atoms with E-state index in [1.54, 1.807) is 23.5 Å². The Hall–Kier alpha value is -1.76. The van der Waals surface area contributed by atoms with Crippen LogP contribution in [0.25, 0.3) is 0 Å². The Balaban J connectivity index is 0.00000300. The average molecular weight is 531 g/mol. The molecule has 158 valence electrons. The third kappa shape index (κ3) is 8.25. The van der Waals surface area contributed by atoms with Crippen molar-refractivity contribution in [3.63, 3.8) is 0 Å². The van der Waals surface area contributed by atoms with Crippen LogP contribution in [0.4, 0.5) is 5.69 Å². The van der Waals surface area contributed by atoms with Crippen LogP contribution in [0, 0.1) is 10.1 Å². The van der Waals surface area contributed by atoms with Crippen molar-refractivity contribution in [3.05, 3.63) is 62.3 Å². The van der Waals surface area contributed by atoms with Gasteiger partial charge in [0.1, 0.15) is 0 Å². The lowest BCUT2D eigenvalue weighted by Gasteiger charge is -2.26. The first-order chi connectivity index (χ1) is 13.7. The Bertz CT molecular complexity index is 765. The molecule has 1 aliphatic heterocycles. The Labute approximate surface area is 191 Å². The van der Waals surface area contributed by atoms with E-state index in [4.69, 9.17) is 4.74 Å². The molecule has 0 atom stereocenters. The molecule has 0 aliphatic carbocycles. The third-order valence-corrected chi connectivity index (χ3v) is 5.28. The largest absolute Gasteiger partial charge is 0.379 e. The number of rotatable bonds is 8. The van der Waals surface area contributed by atoms with Crippen LogP contribution in [-0.2, 0) is 17.8 Å². The molecule has 1 fully saturated rings. The lowest BCUT2D eigenvalue weighted by molar-refractivity contribution is -0.384. The van der Waals surface area contributed by atoms with Gasteiger partial charge >= 0.3 is 0 Å².